The topological polar surface area (TPSA) is 120 Å². The predicted octanol–water partition coefficient (Wildman–Crippen LogP) is 5.43. The summed E-state index contributed by atoms with van der Waals surface area (Å²) < 4.78 is 11.3. The van der Waals surface area contributed by atoms with Crippen LogP contribution in [0.3, 0.4) is 0 Å². The fraction of sp³-hybridized carbons (Fsp3) is 0.400. The van der Waals surface area contributed by atoms with Crippen molar-refractivity contribution in [2.24, 2.45) is 0 Å². The predicted molar refractivity (Wildman–Crippen MR) is 146 cm³/mol. The number of ether oxygens (including phenoxy) is 2. The van der Waals surface area contributed by atoms with Gasteiger partial charge in [-0.2, -0.15) is 0 Å². The third-order valence-corrected chi connectivity index (χ3v) is 8.82. The van der Waals surface area contributed by atoms with Crippen LogP contribution in [0.4, 0.5) is 10.1 Å². The summed E-state index contributed by atoms with van der Waals surface area (Å²) in [5, 5.41) is 14.2. The van der Waals surface area contributed by atoms with Crippen LogP contribution >= 0.6 is 34.4 Å². The third kappa shape index (κ3) is 6.49. The van der Waals surface area contributed by atoms with Crippen molar-refractivity contribution in [1.82, 2.24) is 10.2 Å². The first-order chi connectivity index (χ1) is 17.9. The molecular formula is C25H28N4O5S3. The number of aryl methyl sites for hydroxylation is 1. The summed E-state index contributed by atoms with van der Waals surface area (Å²) in [5.74, 6) is -0.506. The van der Waals surface area contributed by atoms with Crippen molar-refractivity contribution in [2.45, 2.75) is 56.0 Å². The van der Waals surface area contributed by atoms with Gasteiger partial charge >= 0.3 is 5.97 Å². The number of carbonyl (C=O) groups excluding carboxylic acids is 3. The van der Waals surface area contributed by atoms with Crippen molar-refractivity contribution in [3.63, 3.8) is 0 Å². The lowest BCUT2D eigenvalue weighted by Crippen LogP contribution is -2.23. The number of carbonyl (C=O) groups is 3. The number of hydrogen-bond donors (Lipinski definition) is 2. The van der Waals surface area contributed by atoms with Crippen LogP contribution in [0.1, 0.15) is 64.8 Å². The van der Waals surface area contributed by atoms with Crippen molar-refractivity contribution >= 4 is 62.4 Å². The molecule has 4 rings (SSSR count). The Kier molecular flexibility index (Phi) is 9.17. The van der Waals surface area contributed by atoms with Gasteiger partial charge in [0.25, 0.3) is 5.91 Å². The number of anilines is 2. The molecule has 2 N–H and O–H groups in total. The van der Waals surface area contributed by atoms with Gasteiger partial charge in [-0.1, -0.05) is 35.2 Å². The summed E-state index contributed by atoms with van der Waals surface area (Å²) in [6.45, 7) is 6.10. The van der Waals surface area contributed by atoms with E-state index in [1.807, 2.05) is 6.92 Å². The molecule has 0 bridgehead atoms. The summed E-state index contributed by atoms with van der Waals surface area (Å²) in [4.78, 5) is 39.5. The third-order valence-electron chi connectivity index (χ3n) is 5.59. The molecule has 1 aliphatic rings. The van der Waals surface area contributed by atoms with Gasteiger partial charge in [-0.3, -0.25) is 14.9 Å². The number of hydrogen-bond acceptors (Lipinski definition) is 10. The molecule has 2 amide bonds. The molecule has 196 valence electrons. The lowest BCUT2D eigenvalue weighted by Gasteiger charge is -2.13. The molecule has 0 saturated carbocycles. The monoisotopic (exact) mass is 560 g/mol. The molecule has 1 aromatic carbocycles. The van der Waals surface area contributed by atoms with E-state index in [-0.39, 0.29) is 18.4 Å². The van der Waals surface area contributed by atoms with E-state index in [1.165, 1.54) is 34.4 Å². The molecule has 3 aromatic rings. The van der Waals surface area contributed by atoms with Crippen LogP contribution in [0.2, 0.25) is 0 Å². The Morgan fingerprint density at radius 3 is 2.62 bits per heavy atom. The van der Waals surface area contributed by atoms with Crippen LogP contribution in [0.15, 0.2) is 28.6 Å². The van der Waals surface area contributed by atoms with Crippen molar-refractivity contribution < 1.29 is 23.9 Å². The fourth-order valence-electron chi connectivity index (χ4n) is 3.90. The molecule has 1 unspecified atom stereocenters. The van der Waals surface area contributed by atoms with E-state index in [9.17, 15) is 14.4 Å². The van der Waals surface area contributed by atoms with E-state index in [2.05, 4.69) is 20.8 Å². The van der Waals surface area contributed by atoms with Crippen LogP contribution in [0.5, 0.6) is 5.75 Å². The van der Waals surface area contributed by atoms with Gasteiger partial charge in [0.1, 0.15) is 10.8 Å². The standard InChI is InChI=1S/C25H28N4O5S3/c1-4-33-17-12-8-6-10-15(17)21(31)27-24-28-29-25(37-24)35-14(3)20(30)26-22-19(23(32)34-5-2)16-11-7-9-13-18(16)36-22/h6,8,10,12,14H,4-5,7,9,11,13H2,1-3H3,(H,26,30)(H,27,28,31). The first kappa shape index (κ1) is 27.1. The number of thiophene rings is 1. The number of esters is 1. The Labute approximate surface area is 227 Å². The normalized spacial score (nSPS) is 13.4. The van der Waals surface area contributed by atoms with E-state index >= 15 is 0 Å². The number of aromatic nitrogens is 2. The van der Waals surface area contributed by atoms with E-state index in [4.69, 9.17) is 9.47 Å². The summed E-state index contributed by atoms with van der Waals surface area (Å²) in [6, 6.07) is 6.97. The van der Waals surface area contributed by atoms with Gasteiger partial charge in [0.15, 0.2) is 4.34 Å². The van der Waals surface area contributed by atoms with Crippen molar-refractivity contribution in [2.75, 3.05) is 23.8 Å². The molecule has 1 aliphatic carbocycles. The Morgan fingerprint density at radius 2 is 1.84 bits per heavy atom. The number of rotatable bonds is 10. The molecular weight excluding hydrogens is 532 g/mol. The molecule has 2 aromatic heterocycles. The second-order valence-corrected chi connectivity index (χ2v) is 11.8. The Balaban J connectivity index is 1.41. The quantitative estimate of drug-likeness (QED) is 0.192. The van der Waals surface area contributed by atoms with Crippen LogP contribution in [-0.4, -0.2) is 46.4 Å². The number of para-hydroxylation sites is 1. The highest BCUT2D eigenvalue weighted by Gasteiger charge is 2.28. The van der Waals surface area contributed by atoms with Crippen LogP contribution < -0.4 is 15.4 Å². The van der Waals surface area contributed by atoms with Gasteiger partial charge in [0.05, 0.1) is 29.6 Å². The number of amides is 2. The maximum atomic E-state index is 13.0. The molecule has 12 heteroatoms. The second-order valence-electron chi connectivity index (χ2n) is 8.14. The lowest BCUT2D eigenvalue weighted by molar-refractivity contribution is -0.115. The number of nitrogens with zero attached hydrogens (tertiary/aromatic N) is 2. The van der Waals surface area contributed by atoms with Crippen LogP contribution in [0.25, 0.3) is 0 Å². The van der Waals surface area contributed by atoms with E-state index in [0.717, 1.165) is 36.1 Å². The average molecular weight is 561 g/mol. The first-order valence-corrected chi connectivity index (χ1v) is 14.6. The smallest absolute Gasteiger partial charge is 0.341 e. The zero-order valence-electron chi connectivity index (χ0n) is 20.8. The van der Waals surface area contributed by atoms with Crippen LogP contribution in [-0.2, 0) is 22.4 Å². The van der Waals surface area contributed by atoms with Gasteiger partial charge in [0.2, 0.25) is 11.0 Å². The zero-order valence-corrected chi connectivity index (χ0v) is 23.2. The van der Waals surface area contributed by atoms with Gasteiger partial charge < -0.3 is 14.8 Å². The van der Waals surface area contributed by atoms with Gasteiger partial charge in [-0.25, -0.2) is 4.79 Å². The molecule has 9 nitrogen and oxygen atoms in total. The van der Waals surface area contributed by atoms with Crippen LogP contribution in [0, 0.1) is 0 Å². The maximum absolute atomic E-state index is 13.0. The second kappa shape index (κ2) is 12.5. The minimum Gasteiger partial charge on any atom is -0.493 e. The average Bonchev–Trinajstić information content (AvgIpc) is 3.48. The van der Waals surface area contributed by atoms with Gasteiger partial charge in [-0.05, 0) is 64.2 Å². The van der Waals surface area contributed by atoms with Gasteiger partial charge in [0, 0.05) is 4.88 Å². The Morgan fingerprint density at radius 1 is 1.05 bits per heavy atom. The molecule has 0 aliphatic heterocycles. The fourth-order valence-corrected chi connectivity index (χ4v) is 7.07. The number of thioether (sulfide) groups is 1. The summed E-state index contributed by atoms with van der Waals surface area (Å²) in [6.07, 6.45) is 3.81. The highest BCUT2D eigenvalue weighted by Crippen LogP contribution is 2.39. The van der Waals surface area contributed by atoms with Crippen molar-refractivity contribution in [3.05, 3.63) is 45.8 Å². The summed E-state index contributed by atoms with van der Waals surface area (Å²) in [7, 11) is 0. The summed E-state index contributed by atoms with van der Waals surface area (Å²) >= 11 is 3.87. The lowest BCUT2D eigenvalue weighted by atomic mass is 9.95. The molecule has 0 spiro atoms. The first-order valence-electron chi connectivity index (χ1n) is 12.1. The van der Waals surface area contributed by atoms with Crippen molar-refractivity contribution in [1.29, 1.82) is 0 Å². The number of nitrogens with one attached hydrogen (secondary N) is 2. The van der Waals surface area contributed by atoms with E-state index < -0.39 is 11.2 Å². The van der Waals surface area contributed by atoms with E-state index in [0.29, 0.717) is 38.0 Å². The van der Waals surface area contributed by atoms with Gasteiger partial charge in [-0.15, -0.1) is 21.5 Å². The minimum absolute atomic E-state index is 0.249. The number of benzene rings is 1. The van der Waals surface area contributed by atoms with Crippen molar-refractivity contribution in [3.8, 4) is 5.75 Å². The molecule has 0 radical (unpaired) electrons. The minimum atomic E-state index is -0.510. The molecule has 2 heterocycles. The molecule has 0 fully saturated rings. The summed E-state index contributed by atoms with van der Waals surface area (Å²) in [5.41, 5.74) is 1.89. The maximum Gasteiger partial charge on any atom is 0.341 e. The molecule has 0 saturated heterocycles. The van der Waals surface area contributed by atoms with E-state index in [1.54, 1.807) is 38.1 Å². The molecule has 37 heavy (non-hydrogen) atoms. The zero-order chi connectivity index (χ0) is 26.4. The highest BCUT2D eigenvalue weighted by atomic mass is 32.2. The molecule has 1 atom stereocenters. The Bertz CT molecular complexity index is 1290. The SMILES string of the molecule is CCOC(=O)c1c(NC(=O)C(C)Sc2nnc(NC(=O)c3ccccc3OCC)s2)sc2c1CCCC2. The highest BCUT2D eigenvalue weighted by molar-refractivity contribution is 8.02. The largest absolute Gasteiger partial charge is 0.493 e. The Hall–Kier alpha value is -2.96. The number of fused-ring (bicyclic) bond motifs is 1.